The Hall–Kier alpha value is -1.63. The summed E-state index contributed by atoms with van der Waals surface area (Å²) in [5.74, 6) is -0.579. The van der Waals surface area contributed by atoms with E-state index in [4.69, 9.17) is 28.0 Å². The summed E-state index contributed by atoms with van der Waals surface area (Å²) in [4.78, 5) is 24.6. The maximum Gasteiger partial charge on any atom is 0.365 e. The second-order valence-electron chi connectivity index (χ2n) is 4.18. The van der Waals surface area contributed by atoms with Crippen molar-refractivity contribution in [2.24, 2.45) is 5.16 Å². The second-order valence-corrected chi connectivity index (χ2v) is 5.67. The summed E-state index contributed by atoms with van der Waals surface area (Å²) in [5, 5.41) is 4.31. The first-order chi connectivity index (χ1) is 10.5. The average Bonchev–Trinajstić information content (AvgIpc) is 2.50. The van der Waals surface area contributed by atoms with Gasteiger partial charge in [-0.25, -0.2) is 14.8 Å². The van der Waals surface area contributed by atoms with E-state index in [-0.39, 0.29) is 15.9 Å². The third-order valence-electron chi connectivity index (χ3n) is 2.62. The van der Waals surface area contributed by atoms with E-state index in [1.807, 2.05) is 19.1 Å². The fraction of sp³-hybridized carbons (Fsp3) is 0.143. The molecule has 0 aliphatic heterocycles. The number of nitrogens with zero attached hydrogens (tertiary/aromatic N) is 3. The standard InChI is InChI=1S/C14H11Cl2N3O2S/c1-8-3-5-9(6-4-8)13(20)21-17-7-10-11(15)18-14(22-2)19-12(10)16/h3-7H,1-2H3/b17-7-. The molecule has 1 heterocycles. The van der Waals surface area contributed by atoms with Crippen LogP contribution in [0.5, 0.6) is 0 Å². The lowest BCUT2D eigenvalue weighted by molar-refractivity contribution is 0.0519. The number of hydrogen-bond donors (Lipinski definition) is 0. The van der Waals surface area contributed by atoms with Gasteiger partial charge < -0.3 is 4.84 Å². The van der Waals surface area contributed by atoms with Crippen LogP contribution in [0.2, 0.25) is 10.3 Å². The number of benzene rings is 1. The maximum absolute atomic E-state index is 11.8. The molecule has 8 heteroatoms. The molecule has 2 aromatic rings. The Balaban J connectivity index is 2.09. The minimum Gasteiger partial charge on any atom is -0.313 e. The van der Waals surface area contributed by atoms with Crippen molar-refractivity contribution >= 4 is 47.1 Å². The van der Waals surface area contributed by atoms with Gasteiger partial charge in [-0.2, -0.15) is 0 Å². The van der Waals surface area contributed by atoms with Crippen molar-refractivity contribution in [1.82, 2.24) is 9.97 Å². The van der Waals surface area contributed by atoms with Crippen LogP contribution in [0, 0.1) is 6.92 Å². The van der Waals surface area contributed by atoms with Crippen LogP contribution in [0.15, 0.2) is 34.6 Å². The van der Waals surface area contributed by atoms with Gasteiger partial charge in [0.15, 0.2) is 5.16 Å². The zero-order valence-electron chi connectivity index (χ0n) is 11.7. The van der Waals surface area contributed by atoms with Crippen LogP contribution >= 0.6 is 35.0 Å². The van der Waals surface area contributed by atoms with E-state index in [0.29, 0.717) is 10.7 Å². The number of halogens is 2. The summed E-state index contributed by atoms with van der Waals surface area (Å²) < 4.78 is 0. The Morgan fingerprint density at radius 3 is 2.36 bits per heavy atom. The van der Waals surface area contributed by atoms with E-state index in [2.05, 4.69) is 15.1 Å². The van der Waals surface area contributed by atoms with Gasteiger partial charge in [-0.15, -0.1) is 0 Å². The molecule has 0 fully saturated rings. The van der Waals surface area contributed by atoms with Gasteiger partial charge in [0, 0.05) is 0 Å². The van der Waals surface area contributed by atoms with Gasteiger partial charge in [0.05, 0.1) is 17.3 Å². The van der Waals surface area contributed by atoms with E-state index in [1.165, 1.54) is 18.0 Å². The summed E-state index contributed by atoms with van der Waals surface area (Å²) in [5.41, 5.74) is 1.73. The van der Waals surface area contributed by atoms with Crippen molar-refractivity contribution in [3.63, 3.8) is 0 Å². The molecule has 2 rings (SSSR count). The van der Waals surface area contributed by atoms with Crippen LogP contribution in [-0.2, 0) is 4.84 Å². The van der Waals surface area contributed by atoms with Crippen molar-refractivity contribution < 1.29 is 9.63 Å². The summed E-state index contributed by atoms with van der Waals surface area (Å²) in [6.07, 6.45) is 3.01. The lowest BCUT2D eigenvalue weighted by atomic mass is 10.2. The first kappa shape index (κ1) is 16.7. The molecule has 0 aliphatic carbocycles. The zero-order chi connectivity index (χ0) is 16.1. The molecule has 1 aromatic heterocycles. The van der Waals surface area contributed by atoms with Gasteiger partial charge in [-0.1, -0.05) is 57.8 Å². The quantitative estimate of drug-likeness (QED) is 0.207. The summed E-state index contributed by atoms with van der Waals surface area (Å²) in [6, 6.07) is 6.93. The summed E-state index contributed by atoms with van der Waals surface area (Å²) in [6.45, 7) is 1.93. The van der Waals surface area contributed by atoms with Gasteiger partial charge >= 0.3 is 5.97 Å². The fourth-order valence-corrected chi connectivity index (χ4v) is 2.42. The highest BCUT2D eigenvalue weighted by Crippen LogP contribution is 2.22. The minimum absolute atomic E-state index is 0.138. The minimum atomic E-state index is -0.579. The van der Waals surface area contributed by atoms with E-state index in [0.717, 1.165) is 5.56 Å². The van der Waals surface area contributed by atoms with E-state index in [1.54, 1.807) is 18.4 Å². The second kappa shape index (κ2) is 7.58. The number of thioether (sulfide) groups is 1. The van der Waals surface area contributed by atoms with Crippen LogP contribution in [0.4, 0.5) is 0 Å². The topological polar surface area (TPSA) is 64.4 Å². The predicted molar refractivity (Wildman–Crippen MR) is 88.0 cm³/mol. The smallest absolute Gasteiger partial charge is 0.313 e. The molecule has 0 aliphatic rings. The van der Waals surface area contributed by atoms with Crippen LogP contribution in [0.3, 0.4) is 0 Å². The summed E-state index contributed by atoms with van der Waals surface area (Å²) >= 11 is 13.3. The van der Waals surface area contributed by atoms with Crippen LogP contribution in [0.25, 0.3) is 0 Å². The molecule has 0 saturated heterocycles. The van der Waals surface area contributed by atoms with Crippen molar-refractivity contribution in [2.45, 2.75) is 12.1 Å². The first-order valence-corrected chi connectivity index (χ1v) is 8.07. The molecule has 1 aromatic carbocycles. The monoisotopic (exact) mass is 355 g/mol. The maximum atomic E-state index is 11.8. The van der Waals surface area contributed by atoms with Gasteiger partial charge in [0.1, 0.15) is 10.3 Å². The van der Waals surface area contributed by atoms with Crippen molar-refractivity contribution in [2.75, 3.05) is 6.26 Å². The molecule has 0 bridgehead atoms. The highest BCUT2D eigenvalue weighted by Gasteiger charge is 2.10. The number of carbonyl (C=O) groups is 1. The number of aromatic nitrogens is 2. The molecule has 0 spiro atoms. The van der Waals surface area contributed by atoms with Gasteiger partial charge in [-0.3, -0.25) is 0 Å². The number of oxime groups is 1. The summed E-state index contributed by atoms with van der Waals surface area (Å²) in [7, 11) is 0. The van der Waals surface area contributed by atoms with E-state index in [9.17, 15) is 4.79 Å². The molecule has 22 heavy (non-hydrogen) atoms. The SMILES string of the molecule is CSc1nc(Cl)c(/C=N\OC(=O)c2ccc(C)cc2)c(Cl)n1. The van der Waals surface area contributed by atoms with E-state index >= 15 is 0 Å². The normalized spacial score (nSPS) is 10.9. The van der Waals surface area contributed by atoms with Crippen LogP contribution in [-0.4, -0.2) is 28.4 Å². The van der Waals surface area contributed by atoms with Gasteiger partial charge in [-0.05, 0) is 25.3 Å². The molecule has 0 radical (unpaired) electrons. The molecule has 0 amide bonds. The fourth-order valence-electron chi connectivity index (χ4n) is 1.47. The lowest BCUT2D eigenvalue weighted by Crippen LogP contribution is -2.02. The van der Waals surface area contributed by atoms with Gasteiger partial charge in [0.2, 0.25) is 0 Å². The molecular weight excluding hydrogens is 345 g/mol. The van der Waals surface area contributed by atoms with Crippen molar-refractivity contribution in [1.29, 1.82) is 0 Å². The number of carbonyl (C=O) groups excluding carboxylic acids is 1. The molecule has 0 unspecified atom stereocenters. The Morgan fingerprint density at radius 1 is 1.23 bits per heavy atom. The Kier molecular flexibility index (Phi) is 5.76. The number of rotatable bonds is 4. The first-order valence-electron chi connectivity index (χ1n) is 6.09. The molecule has 0 saturated carbocycles. The highest BCUT2D eigenvalue weighted by atomic mass is 35.5. The number of aryl methyl sites for hydroxylation is 1. The van der Waals surface area contributed by atoms with E-state index < -0.39 is 5.97 Å². The van der Waals surface area contributed by atoms with Crippen LogP contribution < -0.4 is 0 Å². The lowest BCUT2D eigenvalue weighted by Gasteiger charge is -2.02. The number of hydrogen-bond acceptors (Lipinski definition) is 6. The van der Waals surface area contributed by atoms with Crippen molar-refractivity contribution in [3.8, 4) is 0 Å². The molecule has 5 nitrogen and oxygen atoms in total. The Morgan fingerprint density at radius 2 is 1.82 bits per heavy atom. The average molecular weight is 356 g/mol. The third-order valence-corrected chi connectivity index (χ3v) is 3.74. The molecule has 114 valence electrons. The zero-order valence-corrected chi connectivity index (χ0v) is 14.0. The molecule has 0 N–H and O–H groups in total. The van der Waals surface area contributed by atoms with Crippen LogP contribution in [0.1, 0.15) is 21.5 Å². The third kappa shape index (κ3) is 4.19. The Bertz CT molecular complexity index is 698. The largest absolute Gasteiger partial charge is 0.365 e. The Labute approximate surface area is 141 Å². The van der Waals surface area contributed by atoms with Gasteiger partial charge in [0.25, 0.3) is 0 Å². The highest BCUT2D eigenvalue weighted by molar-refractivity contribution is 7.98. The predicted octanol–water partition coefficient (Wildman–Crippen LogP) is 4.00. The molecular formula is C14H11Cl2N3O2S. The van der Waals surface area contributed by atoms with Crippen molar-refractivity contribution in [3.05, 3.63) is 51.3 Å². The molecule has 0 atom stereocenters.